The molecule has 1 fully saturated rings. The van der Waals surface area contributed by atoms with Gasteiger partial charge in [-0.1, -0.05) is 12.1 Å². The standard InChI is InChI=1S/C16H23NO3/c1-11-6-5-7-14(12(11)2)20-10-16(3,15(18)19-4)17-13-8-9-13/h5-7,13,17H,8-10H2,1-4H3. The Kier molecular flexibility index (Phi) is 4.33. The molecular formula is C16H23NO3. The molecule has 0 spiro atoms. The van der Waals surface area contributed by atoms with Gasteiger partial charge in [0.05, 0.1) is 7.11 Å². The monoisotopic (exact) mass is 277 g/mol. The summed E-state index contributed by atoms with van der Waals surface area (Å²) in [6.45, 7) is 6.17. The van der Waals surface area contributed by atoms with Crippen LogP contribution >= 0.6 is 0 Å². The lowest BCUT2D eigenvalue weighted by Crippen LogP contribution is -2.55. The summed E-state index contributed by atoms with van der Waals surface area (Å²) in [5.41, 5.74) is 1.48. The van der Waals surface area contributed by atoms with E-state index in [4.69, 9.17) is 9.47 Å². The van der Waals surface area contributed by atoms with E-state index in [1.807, 2.05) is 39.0 Å². The van der Waals surface area contributed by atoms with Crippen molar-refractivity contribution in [2.75, 3.05) is 13.7 Å². The first kappa shape index (κ1) is 14.9. The molecule has 1 aliphatic carbocycles. The van der Waals surface area contributed by atoms with Gasteiger partial charge in [0.25, 0.3) is 0 Å². The van der Waals surface area contributed by atoms with Crippen LogP contribution in [0.15, 0.2) is 18.2 Å². The average Bonchev–Trinajstić information content (AvgIpc) is 3.23. The highest BCUT2D eigenvalue weighted by Crippen LogP contribution is 2.25. The molecule has 0 amide bonds. The third-order valence-electron chi connectivity index (χ3n) is 3.81. The summed E-state index contributed by atoms with van der Waals surface area (Å²) in [5, 5.41) is 3.32. The predicted molar refractivity (Wildman–Crippen MR) is 78.0 cm³/mol. The average molecular weight is 277 g/mol. The SMILES string of the molecule is COC(=O)C(C)(COc1cccc(C)c1C)NC1CC1. The molecule has 2 rings (SSSR count). The number of hydrogen-bond acceptors (Lipinski definition) is 4. The number of hydrogen-bond donors (Lipinski definition) is 1. The Bertz CT molecular complexity index is 496. The predicted octanol–water partition coefficient (Wildman–Crippen LogP) is 2.37. The Morgan fingerprint density at radius 2 is 2.10 bits per heavy atom. The second-order valence-electron chi connectivity index (χ2n) is 5.73. The molecule has 1 aromatic rings. The zero-order valence-electron chi connectivity index (χ0n) is 12.7. The van der Waals surface area contributed by atoms with Gasteiger partial charge in [0.2, 0.25) is 0 Å². The molecule has 1 saturated carbocycles. The molecule has 0 bridgehead atoms. The first-order valence-electron chi connectivity index (χ1n) is 7.01. The largest absolute Gasteiger partial charge is 0.491 e. The fourth-order valence-electron chi connectivity index (χ4n) is 2.17. The van der Waals surface area contributed by atoms with E-state index in [2.05, 4.69) is 5.32 Å². The van der Waals surface area contributed by atoms with Crippen LogP contribution in [-0.2, 0) is 9.53 Å². The summed E-state index contributed by atoms with van der Waals surface area (Å²) in [6, 6.07) is 6.34. The summed E-state index contributed by atoms with van der Waals surface area (Å²) >= 11 is 0. The Morgan fingerprint density at radius 3 is 2.70 bits per heavy atom. The quantitative estimate of drug-likeness (QED) is 0.811. The number of carbonyl (C=O) groups excluding carboxylic acids is 1. The topological polar surface area (TPSA) is 47.6 Å². The van der Waals surface area contributed by atoms with E-state index >= 15 is 0 Å². The smallest absolute Gasteiger partial charge is 0.329 e. The van der Waals surface area contributed by atoms with Crippen molar-refractivity contribution in [3.05, 3.63) is 29.3 Å². The van der Waals surface area contributed by atoms with E-state index in [0.717, 1.165) is 24.2 Å². The summed E-state index contributed by atoms with van der Waals surface area (Å²) in [4.78, 5) is 12.0. The maximum Gasteiger partial charge on any atom is 0.329 e. The van der Waals surface area contributed by atoms with Gasteiger partial charge in [0, 0.05) is 6.04 Å². The van der Waals surface area contributed by atoms with Crippen molar-refractivity contribution in [3.63, 3.8) is 0 Å². The van der Waals surface area contributed by atoms with Crippen molar-refractivity contribution >= 4 is 5.97 Å². The Labute approximate surface area is 120 Å². The van der Waals surface area contributed by atoms with Crippen LogP contribution in [0.2, 0.25) is 0 Å². The van der Waals surface area contributed by atoms with Crippen LogP contribution in [0.4, 0.5) is 0 Å². The first-order valence-corrected chi connectivity index (χ1v) is 7.01. The van der Waals surface area contributed by atoms with Crippen molar-refractivity contribution in [1.29, 1.82) is 0 Å². The van der Waals surface area contributed by atoms with Crippen LogP contribution in [0.5, 0.6) is 5.75 Å². The molecule has 0 aromatic heterocycles. The molecule has 0 saturated heterocycles. The second kappa shape index (κ2) is 5.83. The molecule has 1 unspecified atom stereocenters. The highest BCUT2D eigenvalue weighted by Gasteiger charge is 2.40. The van der Waals surface area contributed by atoms with Gasteiger partial charge in [0.15, 0.2) is 0 Å². The van der Waals surface area contributed by atoms with Gasteiger partial charge in [-0.15, -0.1) is 0 Å². The molecule has 0 aliphatic heterocycles. The van der Waals surface area contributed by atoms with Gasteiger partial charge in [-0.2, -0.15) is 0 Å². The van der Waals surface area contributed by atoms with Gasteiger partial charge >= 0.3 is 5.97 Å². The van der Waals surface area contributed by atoms with Crippen molar-refractivity contribution < 1.29 is 14.3 Å². The van der Waals surface area contributed by atoms with Crippen LogP contribution in [0.25, 0.3) is 0 Å². The van der Waals surface area contributed by atoms with E-state index in [9.17, 15) is 4.79 Å². The zero-order valence-corrected chi connectivity index (χ0v) is 12.7. The van der Waals surface area contributed by atoms with E-state index in [0.29, 0.717) is 6.04 Å². The second-order valence-corrected chi connectivity index (χ2v) is 5.73. The number of benzene rings is 1. The van der Waals surface area contributed by atoms with Crippen LogP contribution in [0.1, 0.15) is 30.9 Å². The van der Waals surface area contributed by atoms with Crippen molar-refractivity contribution in [3.8, 4) is 5.75 Å². The molecule has 0 radical (unpaired) electrons. The fourth-order valence-corrected chi connectivity index (χ4v) is 2.17. The van der Waals surface area contributed by atoms with Crippen LogP contribution in [0.3, 0.4) is 0 Å². The lowest BCUT2D eigenvalue weighted by molar-refractivity contribution is -0.149. The van der Waals surface area contributed by atoms with Crippen molar-refractivity contribution in [2.24, 2.45) is 0 Å². The molecule has 1 N–H and O–H groups in total. The Balaban J connectivity index is 2.08. The van der Waals surface area contributed by atoms with Crippen LogP contribution in [0, 0.1) is 13.8 Å². The van der Waals surface area contributed by atoms with Gasteiger partial charge in [-0.05, 0) is 50.8 Å². The summed E-state index contributed by atoms with van der Waals surface area (Å²) in [6.07, 6.45) is 2.21. The lowest BCUT2D eigenvalue weighted by Gasteiger charge is -2.28. The zero-order chi connectivity index (χ0) is 14.8. The molecule has 4 nitrogen and oxygen atoms in total. The third kappa shape index (κ3) is 3.31. The molecular weight excluding hydrogens is 254 g/mol. The van der Waals surface area contributed by atoms with Gasteiger partial charge in [0.1, 0.15) is 17.9 Å². The van der Waals surface area contributed by atoms with E-state index < -0.39 is 5.54 Å². The fraction of sp³-hybridized carbons (Fsp3) is 0.562. The molecule has 0 heterocycles. The first-order chi connectivity index (χ1) is 9.46. The highest BCUT2D eigenvalue weighted by atomic mass is 16.5. The number of esters is 1. The number of rotatable bonds is 6. The number of aryl methyl sites for hydroxylation is 1. The van der Waals surface area contributed by atoms with Gasteiger partial charge < -0.3 is 9.47 Å². The third-order valence-corrected chi connectivity index (χ3v) is 3.81. The number of ether oxygens (including phenoxy) is 2. The molecule has 1 aromatic carbocycles. The van der Waals surface area contributed by atoms with E-state index in [-0.39, 0.29) is 12.6 Å². The van der Waals surface area contributed by atoms with Gasteiger partial charge in [-0.3, -0.25) is 5.32 Å². The maximum atomic E-state index is 12.0. The molecule has 110 valence electrons. The number of carbonyl (C=O) groups is 1. The summed E-state index contributed by atoms with van der Waals surface area (Å²) in [7, 11) is 1.41. The molecule has 4 heteroatoms. The van der Waals surface area contributed by atoms with Crippen molar-refractivity contribution in [1.82, 2.24) is 5.32 Å². The summed E-state index contributed by atoms with van der Waals surface area (Å²) in [5.74, 6) is 0.535. The molecule has 20 heavy (non-hydrogen) atoms. The Morgan fingerprint density at radius 1 is 1.40 bits per heavy atom. The highest BCUT2D eigenvalue weighted by molar-refractivity contribution is 5.80. The minimum absolute atomic E-state index is 0.264. The van der Waals surface area contributed by atoms with E-state index in [1.54, 1.807) is 0 Å². The van der Waals surface area contributed by atoms with Crippen molar-refractivity contribution in [2.45, 2.75) is 45.2 Å². The van der Waals surface area contributed by atoms with E-state index in [1.165, 1.54) is 12.7 Å². The number of methoxy groups -OCH3 is 1. The Hall–Kier alpha value is -1.55. The van der Waals surface area contributed by atoms with Gasteiger partial charge in [-0.25, -0.2) is 4.79 Å². The lowest BCUT2D eigenvalue weighted by atomic mass is 10.0. The minimum atomic E-state index is -0.800. The number of nitrogens with one attached hydrogen (secondary N) is 1. The summed E-state index contributed by atoms with van der Waals surface area (Å²) < 4.78 is 10.8. The van der Waals surface area contributed by atoms with Crippen LogP contribution in [-0.4, -0.2) is 31.3 Å². The van der Waals surface area contributed by atoms with Crippen LogP contribution < -0.4 is 10.1 Å². The molecule has 1 atom stereocenters. The molecule has 1 aliphatic rings. The normalized spacial score (nSPS) is 17.4. The minimum Gasteiger partial charge on any atom is -0.491 e. The maximum absolute atomic E-state index is 12.0.